The molecule has 0 aromatic carbocycles. The molecule has 0 N–H and O–H groups in total. The van der Waals surface area contributed by atoms with Crippen LogP contribution in [0.1, 0.15) is 19.8 Å². The SMILES string of the molecule is COC(=O)CCCN1CC(C)C(N(C)C)C1. The molecule has 0 aliphatic carbocycles. The molecule has 0 bridgehead atoms. The minimum absolute atomic E-state index is 0.101. The van der Waals surface area contributed by atoms with Gasteiger partial charge < -0.3 is 14.5 Å². The number of ether oxygens (including phenoxy) is 1. The Morgan fingerprint density at radius 1 is 1.44 bits per heavy atom. The molecule has 0 saturated carbocycles. The molecular weight excluding hydrogens is 204 g/mol. The zero-order valence-electron chi connectivity index (χ0n) is 10.9. The zero-order valence-corrected chi connectivity index (χ0v) is 10.9. The highest BCUT2D eigenvalue weighted by Gasteiger charge is 2.30. The lowest BCUT2D eigenvalue weighted by Gasteiger charge is -2.22. The van der Waals surface area contributed by atoms with Gasteiger partial charge in [0.15, 0.2) is 0 Å². The lowest BCUT2D eigenvalue weighted by Crippen LogP contribution is -2.34. The molecule has 16 heavy (non-hydrogen) atoms. The minimum Gasteiger partial charge on any atom is -0.469 e. The highest BCUT2D eigenvalue weighted by molar-refractivity contribution is 5.69. The van der Waals surface area contributed by atoms with Crippen LogP contribution in [0.25, 0.3) is 0 Å². The third-order valence-corrected chi connectivity index (χ3v) is 3.39. The highest BCUT2D eigenvalue weighted by Crippen LogP contribution is 2.20. The number of carbonyl (C=O) groups is 1. The maximum Gasteiger partial charge on any atom is 0.305 e. The number of hydrogen-bond acceptors (Lipinski definition) is 4. The van der Waals surface area contributed by atoms with Gasteiger partial charge in [-0.3, -0.25) is 4.79 Å². The minimum atomic E-state index is -0.101. The van der Waals surface area contributed by atoms with Crippen LogP contribution >= 0.6 is 0 Å². The van der Waals surface area contributed by atoms with Gasteiger partial charge in [-0.05, 0) is 33.0 Å². The zero-order chi connectivity index (χ0) is 12.1. The van der Waals surface area contributed by atoms with Gasteiger partial charge in [-0.2, -0.15) is 0 Å². The number of esters is 1. The van der Waals surface area contributed by atoms with Crippen LogP contribution in [0, 0.1) is 5.92 Å². The number of likely N-dealkylation sites (N-methyl/N-ethyl adjacent to an activating group) is 1. The molecule has 1 fully saturated rings. The fourth-order valence-electron chi connectivity index (χ4n) is 2.45. The van der Waals surface area contributed by atoms with E-state index < -0.39 is 0 Å². The van der Waals surface area contributed by atoms with E-state index in [4.69, 9.17) is 0 Å². The largest absolute Gasteiger partial charge is 0.469 e. The number of likely N-dealkylation sites (tertiary alicyclic amines) is 1. The number of hydrogen-bond donors (Lipinski definition) is 0. The van der Waals surface area contributed by atoms with E-state index in [0.717, 1.165) is 26.1 Å². The average molecular weight is 228 g/mol. The molecule has 0 aromatic heterocycles. The first kappa shape index (κ1) is 13.5. The quantitative estimate of drug-likeness (QED) is 0.652. The van der Waals surface area contributed by atoms with E-state index >= 15 is 0 Å². The van der Waals surface area contributed by atoms with Crippen molar-refractivity contribution in [2.75, 3.05) is 40.8 Å². The van der Waals surface area contributed by atoms with E-state index in [1.807, 2.05) is 0 Å². The van der Waals surface area contributed by atoms with Crippen LogP contribution in [0.4, 0.5) is 0 Å². The van der Waals surface area contributed by atoms with Gasteiger partial charge in [0.05, 0.1) is 7.11 Å². The highest BCUT2D eigenvalue weighted by atomic mass is 16.5. The first-order valence-electron chi connectivity index (χ1n) is 6.00. The molecule has 4 heteroatoms. The molecule has 0 radical (unpaired) electrons. The number of rotatable bonds is 5. The van der Waals surface area contributed by atoms with Gasteiger partial charge in [-0.15, -0.1) is 0 Å². The topological polar surface area (TPSA) is 32.8 Å². The standard InChI is InChI=1S/C12H24N2O2/c1-10-8-14(9-11(10)13(2)3)7-5-6-12(15)16-4/h10-11H,5-9H2,1-4H3. The predicted octanol–water partition coefficient (Wildman–Crippen LogP) is 0.821. The number of carbonyl (C=O) groups excluding carboxylic acids is 1. The second kappa shape index (κ2) is 6.21. The molecule has 94 valence electrons. The number of methoxy groups -OCH3 is 1. The summed E-state index contributed by atoms with van der Waals surface area (Å²) in [6, 6.07) is 0.651. The van der Waals surface area contributed by atoms with Crippen LogP contribution < -0.4 is 0 Å². The fourth-order valence-corrected chi connectivity index (χ4v) is 2.45. The summed E-state index contributed by atoms with van der Waals surface area (Å²) in [6.07, 6.45) is 1.44. The van der Waals surface area contributed by atoms with Crippen LogP contribution in [0.15, 0.2) is 0 Å². The summed E-state index contributed by atoms with van der Waals surface area (Å²) in [5.74, 6) is 0.615. The summed E-state index contributed by atoms with van der Waals surface area (Å²) in [5, 5.41) is 0. The predicted molar refractivity (Wildman–Crippen MR) is 64.3 cm³/mol. The van der Waals surface area contributed by atoms with E-state index in [9.17, 15) is 4.79 Å². The van der Waals surface area contributed by atoms with E-state index in [2.05, 4.69) is 35.6 Å². The van der Waals surface area contributed by atoms with Crippen LogP contribution in [0.3, 0.4) is 0 Å². The Balaban J connectivity index is 2.23. The Bertz CT molecular complexity index is 231. The Morgan fingerprint density at radius 2 is 2.12 bits per heavy atom. The molecule has 1 heterocycles. The fraction of sp³-hybridized carbons (Fsp3) is 0.917. The number of nitrogens with zero attached hydrogens (tertiary/aromatic N) is 2. The molecular formula is C12H24N2O2. The van der Waals surface area contributed by atoms with Crippen molar-refractivity contribution < 1.29 is 9.53 Å². The molecule has 0 amide bonds. The van der Waals surface area contributed by atoms with Crippen molar-refractivity contribution in [2.24, 2.45) is 5.92 Å². The van der Waals surface area contributed by atoms with Gasteiger partial charge in [0.1, 0.15) is 0 Å². The second-order valence-electron chi connectivity index (χ2n) is 4.95. The molecule has 2 unspecified atom stereocenters. The molecule has 4 nitrogen and oxygen atoms in total. The summed E-state index contributed by atoms with van der Waals surface area (Å²) in [6.45, 7) is 5.56. The maximum atomic E-state index is 11.0. The van der Waals surface area contributed by atoms with Crippen LogP contribution in [-0.2, 0) is 9.53 Å². The molecule has 0 spiro atoms. The lowest BCUT2D eigenvalue weighted by atomic mass is 10.1. The summed E-state index contributed by atoms with van der Waals surface area (Å²) in [7, 11) is 5.72. The van der Waals surface area contributed by atoms with Gasteiger partial charge in [0.25, 0.3) is 0 Å². The van der Waals surface area contributed by atoms with Crippen molar-refractivity contribution in [3.05, 3.63) is 0 Å². The van der Waals surface area contributed by atoms with Crippen molar-refractivity contribution >= 4 is 5.97 Å². The molecule has 1 aliphatic rings. The van der Waals surface area contributed by atoms with Gasteiger partial charge in [0.2, 0.25) is 0 Å². The van der Waals surface area contributed by atoms with E-state index in [0.29, 0.717) is 18.4 Å². The molecule has 0 aromatic rings. The average Bonchev–Trinajstić information content (AvgIpc) is 2.59. The van der Waals surface area contributed by atoms with Crippen LogP contribution in [-0.4, -0.2) is 62.7 Å². The molecule has 1 aliphatic heterocycles. The maximum absolute atomic E-state index is 11.0. The van der Waals surface area contributed by atoms with Gasteiger partial charge in [0, 0.05) is 25.6 Å². The monoisotopic (exact) mass is 228 g/mol. The second-order valence-corrected chi connectivity index (χ2v) is 4.95. The Hall–Kier alpha value is -0.610. The summed E-state index contributed by atoms with van der Waals surface area (Å²) in [5.41, 5.74) is 0. The Morgan fingerprint density at radius 3 is 2.62 bits per heavy atom. The first-order chi connectivity index (χ1) is 7.54. The van der Waals surface area contributed by atoms with Gasteiger partial charge in [-0.25, -0.2) is 0 Å². The Labute approximate surface area is 98.5 Å². The van der Waals surface area contributed by atoms with Crippen LogP contribution in [0.5, 0.6) is 0 Å². The molecule has 2 atom stereocenters. The van der Waals surface area contributed by atoms with Crippen molar-refractivity contribution in [1.82, 2.24) is 9.80 Å². The van der Waals surface area contributed by atoms with Crippen molar-refractivity contribution in [3.63, 3.8) is 0 Å². The summed E-state index contributed by atoms with van der Waals surface area (Å²) in [4.78, 5) is 15.7. The van der Waals surface area contributed by atoms with E-state index in [1.165, 1.54) is 7.11 Å². The third kappa shape index (κ3) is 3.76. The molecule has 1 saturated heterocycles. The lowest BCUT2D eigenvalue weighted by molar-refractivity contribution is -0.140. The van der Waals surface area contributed by atoms with Gasteiger partial charge in [-0.1, -0.05) is 6.92 Å². The van der Waals surface area contributed by atoms with Crippen molar-refractivity contribution in [1.29, 1.82) is 0 Å². The third-order valence-electron chi connectivity index (χ3n) is 3.39. The smallest absolute Gasteiger partial charge is 0.305 e. The summed E-state index contributed by atoms with van der Waals surface area (Å²) >= 11 is 0. The molecule has 1 rings (SSSR count). The van der Waals surface area contributed by atoms with Crippen molar-refractivity contribution in [3.8, 4) is 0 Å². The van der Waals surface area contributed by atoms with E-state index in [1.54, 1.807) is 0 Å². The first-order valence-corrected chi connectivity index (χ1v) is 6.00. The summed E-state index contributed by atoms with van der Waals surface area (Å²) < 4.78 is 4.63. The van der Waals surface area contributed by atoms with E-state index in [-0.39, 0.29) is 5.97 Å². The van der Waals surface area contributed by atoms with Crippen LogP contribution in [0.2, 0.25) is 0 Å². The van der Waals surface area contributed by atoms with Crippen molar-refractivity contribution in [2.45, 2.75) is 25.8 Å². The normalized spacial score (nSPS) is 26.3. The van der Waals surface area contributed by atoms with Gasteiger partial charge >= 0.3 is 5.97 Å². The Kier molecular flexibility index (Phi) is 5.22.